The molecule has 0 saturated heterocycles. The fourth-order valence-electron chi connectivity index (χ4n) is 1.92. The molecule has 0 unspecified atom stereocenters. The normalized spacial score (nSPS) is 10.5. The second-order valence-corrected chi connectivity index (χ2v) is 7.50. The van der Waals surface area contributed by atoms with Crippen molar-refractivity contribution in [1.82, 2.24) is 0 Å². The summed E-state index contributed by atoms with van der Waals surface area (Å²) < 4.78 is 0. The van der Waals surface area contributed by atoms with Gasteiger partial charge in [-0.15, -0.1) is 0 Å². The summed E-state index contributed by atoms with van der Waals surface area (Å²) in [6, 6.07) is 0. The predicted molar refractivity (Wildman–Crippen MR) is 91.6 cm³/mol. The van der Waals surface area contributed by atoms with Crippen molar-refractivity contribution < 1.29 is 19.8 Å². The van der Waals surface area contributed by atoms with Crippen molar-refractivity contribution in [1.29, 1.82) is 0 Å². The van der Waals surface area contributed by atoms with Gasteiger partial charge in [0.25, 0.3) is 0 Å². The van der Waals surface area contributed by atoms with E-state index in [1.54, 1.807) is 0 Å². The van der Waals surface area contributed by atoms with E-state index in [0.717, 1.165) is 38.5 Å². The Hall–Kier alpha value is 0.200. The van der Waals surface area contributed by atoms with E-state index in [-0.39, 0.29) is 50.6 Å². The van der Waals surface area contributed by atoms with Gasteiger partial charge < -0.3 is 19.8 Å². The van der Waals surface area contributed by atoms with E-state index in [1.165, 1.54) is 6.42 Å². The monoisotopic (exact) mass is 354 g/mol. The van der Waals surface area contributed by atoms with E-state index in [1.807, 2.05) is 0 Å². The molecule has 4 nitrogen and oxygen atoms in total. The fourth-order valence-corrected chi connectivity index (χ4v) is 1.92. The number of hydrogen-bond acceptors (Lipinski definition) is 4. The molecule has 0 amide bonds. The molecule has 0 aliphatic heterocycles. The zero-order valence-electron chi connectivity index (χ0n) is 15.8. The van der Waals surface area contributed by atoms with Gasteiger partial charge in [-0.25, -0.2) is 0 Å². The van der Waals surface area contributed by atoms with Crippen LogP contribution in [-0.4, -0.2) is 49.7 Å². The fraction of sp³-hybridized carbons (Fsp3) is 0.889. The predicted octanol–water partition coefficient (Wildman–Crippen LogP) is 2.30. The Morgan fingerprint density at radius 2 is 1.26 bits per heavy atom. The minimum atomic E-state index is -0.927. The standard InChI is InChI=1S/C10H20O2.C8H16O2.Ca/c1-10(2,3)8-6-4-5-7-9(11)12;1-7(2)5-3-4-6-8(9)10;/h4-8H2,1-3H3,(H,11,12);7H,3-6H2,1-2H3,(H,9,10);/q;;+2/p-2. The summed E-state index contributed by atoms with van der Waals surface area (Å²) in [7, 11) is 0. The first kappa shape index (κ1) is 28.0. The Morgan fingerprint density at radius 1 is 0.826 bits per heavy atom. The number of carboxylic acids is 2. The number of unbranched alkanes of at least 4 members (excludes halogenated alkanes) is 3. The van der Waals surface area contributed by atoms with Gasteiger partial charge in [-0.3, -0.25) is 0 Å². The molecule has 0 aliphatic rings. The van der Waals surface area contributed by atoms with Crippen LogP contribution in [0.4, 0.5) is 0 Å². The average molecular weight is 355 g/mol. The maximum Gasteiger partial charge on any atom is 2.00 e. The summed E-state index contributed by atoms with van der Waals surface area (Å²) in [4.78, 5) is 20.0. The number of carboxylic acid groups (broad SMARTS) is 2. The van der Waals surface area contributed by atoms with Crippen LogP contribution in [0.1, 0.15) is 92.4 Å². The minimum absolute atomic E-state index is 0. The SMILES string of the molecule is CC(C)(C)CCCCCC(=O)[O-].CC(C)CCCCC(=O)[O-].[Ca+2]. The van der Waals surface area contributed by atoms with Crippen molar-refractivity contribution in [3.63, 3.8) is 0 Å². The van der Waals surface area contributed by atoms with Crippen LogP contribution in [0.2, 0.25) is 0 Å². The quantitative estimate of drug-likeness (QED) is 0.445. The largest absolute Gasteiger partial charge is 2.00 e. The molecule has 0 aromatic heterocycles. The van der Waals surface area contributed by atoms with Crippen LogP contribution in [-0.2, 0) is 9.59 Å². The molecule has 0 rings (SSSR count). The van der Waals surface area contributed by atoms with Gasteiger partial charge in [0.15, 0.2) is 0 Å². The van der Waals surface area contributed by atoms with Gasteiger partial charge in [-0.1, -0.05) is 60.3 Å². The number of hydrogen-bond donors (Lipinski definition) is 0. The molecule has 0 spiro atoms. The Balaban J connectivity index is -0.000000338. The second-order valence-electron chi connectivity index (χ2n) is 7.50. The van der Waals surface area contributed by atoms with Crippen molar-refractivity contribution in [2.24, 2.45) is 11.3 Å². The summed E-state index contributed by atoms with van der Waals surface area (Å²) in [6.45, 7) is 10.9. The van der Waals surface area contributed by atoms with Crippen molar-refractivity contribution >= 4 is 49.7 Å². The Morgan fingerprint density at radius 3 is 1.61 bits per heavy atom. The summed E-state index contributed by atoms with van der Waals surface area (Å²) in [5, 5.41) is 20.0. The summed E-state index contributed by atoms with van der Waals surface area (Å²) >= 11 is 0. The Kier molecular flexibility index (Phi) is 20.8. The molecule has 0 saturated carbocycles. The van der Waals surface area contributed by atoms with Crippen LogP contribution in [0.15, 0.2) is 0 Å². The Bertz CT molecular complexity index is 296. The van der Waals surface area contributed by atoms with Crippen LogP contribution in [0.5, 0.6) is 0 Å². The third-order valence-corrected chi connectivity index (χ3v) is 3.22. The third-order valence-electron chi connectivity index (χ3n) is 3.22. The number of rotatable bonds is 10. The molecular weight excluding hydrogens is 320 g/mol. The van der Waals surface area contributed by atoms with Gasteiger partial charge in [-0.05, 0) is 43.4 Å². The van der Waals surface area contributed by atoms with Crippen molar-refractivity contribution in [2.75, 3.05) is 0 Å². The molecule has 0 heterocycles. The van der Waals surface area contributed by atoms with E-state index in [0.29, 0.717) is 11.3 Å². The molecule has 0 aromatic carbocycles. The summed E-state index contributed by atoms with van der Waals surface area (Å²) in [5.74, 6) is -1.17. The van der Waals surface area contributed by atoms with Crippen LogP contribution >= 0.6 is 0 Å². The van der Waals surface area contributed by atoms with Crippen LogP contribution < -0.4 is 10.2 Å². The summed E-state index contributed by atoms with van der Waals surface area (Å²) in [5.41, 5.74) is 0.376. The molecule has 0 fully saturated rings. The van der Waals surface area contributed by atoms with Crippen LogP contribution in [0.25, 0.3) is 0 Å². The van der Waals surface area contributed by atoms with E-state index < -0.39 is 11.9 Å². The van der Waals surface area contributed by atoms with Gasteiger partial charge >= 0.3 is 37.7 Å². The first-order chi connectivity index (χ1) is 10.0. The Labute approximate surface area is 172 Å². The van der Waals surface area contributed by atoms with Crippen LogP contribution in [0, 0.1) is 11.3 Å². The maximum absolute atomic E-state index is 10.0. The molecule has 0 atom stereocenters. The topological polar surface area (TPSA) is 80.3 Å². The molecule has 23 heavy (non-hydrogen) atoms. The van der Waals surface area contributed by atoms with E-state index in [9.17, 15) is 19.8 Å². The van der Waals surface area contributed by atoms with Gasteiger partial charge in [0, 0.05) is 11.9 Å². The molecule has 5 heteroatoms. The molecule has 0 N–H and O–H groups in total. The van der Waals surface area contributed by atoms with E-state index in [4.69, 9.17) is 0 Å². The van der Waals surface area contributed by atoms with Crippen molar-refractivity contribution in [2.45, 2.75) is 92.4 Å². The zero-order chi connectivity index (χ0) is 17.6. The van der Waals surface area contributed by atoms with E-state index >= 15 is 0 Å². The van der Waals surface area contributed by atoms with Gasteiger partial charge in [-0.2, -0.15) is 0 Å². The number of carbonyl (C=O) groups excluding carboxylic acids is 2. The third kappa shape index (κ3) is 34.5. The molecule has 0 aromatic rings. The second kappa shape index (κ2) is 17.0. The number of carbonyl (C=O) groups is 2. The molecule has 0 radical (unpaired) electrons. The number of aliphatic carboxylic acids is 2. The molecule has 132 valence electrons. The first-order valence-electron chi connectivity index (χ1n) is 8.44. The van der Waals surface area contributed by atoms with E-state index in [2.05, 4.69) is 34.6 Å². The van der Waals surface area contributed by atoms with Gasteiger partial charge in [0.05, 0.1) is 0 Å². The molecule has 0 bridgehead atoms. The maximum atomic E-state index is 10.0. The smallest absolute Gasteiger partial charge is 0.550 e. The first-order valence-corrected chi connectivity index (χ1v) is 8.44. The average Bonchev–Trinajstić information content (AvgIpc) is 2.33. The van der Waals surface area contributed by atoms with Crippen molar-refractivity contribution in [3.05, 3.63) is 0 Å². The molecular formula is C18H34CaO4. The van der Waals surface area contributed by atoms with Gasteiger partial charge in [0.1, 0.15) is 0 Å². The molecule has 0 aliphatic carbocycles. The minimum Gasteiger partial charge on any atom is -0.550 e. The zero-order valence-corrected chi connectivity index (χ0v) is 18.0. The van der Waals surface area contributed by atoms with Crippen molar-refractivity contribution in [3.8, 4) is 0 Å². The summed E-state index contributed by atoms with van der Waals surface area (Å²) in [6.07, 6.45) is 7.37. The van der Waals surface area contributed by atoms with Crippen LogP contribution in [0.3, 0.4) is 0 Å². The van der Waals surface area contributed by atoms with Gasteiger partial charge in [0.2, 0.25) is 0 Å².